The predicted molar refractivity (Wildman–Crippen MR) is 62.5 cm³/mol. The fourth-order valence-electron chi connectivity index (χ4n) is 1.73. The van der Waals surface area contributed by atoms with Crippen LogP contribution in [0.3, 0.4) is 0 Å². The minimum Gasteiger partial charge on any atom is -0.439 e. The Labute approximate surface area is 95.8 Å². The summed E-state index contributed by atoms with van der Waals surface area (Å²) in [4.78, 5) is 4.44. The molecule has 0 aliphatic heterocycles. The lowest BCUT2D eigenvalue weighted by molar-refractivity contribution is 0.515. The largest absolute Gasteiger partial charge is 0.439 e. The van der Waals surface area contributed by atoms with Gasteiger partial charge < -0.3 is 10.2 Å². The molecule has 1 aromatic heterocycles. The first-order valence-electron chi connectivity index (χ1n) is 5.07. The normalized spacial score (nSPS) is 16.1. The summed E-state index contributed by atoms with van der Waals surface area (Å²) in [5, 5.41) is 0. The van der Waals surface area contributed by atoms with Crippen LogP contribution in [0.5, 0.6) is 0 Å². The van der Waals surface area contributed by atoms with Crippen LogP contribution in [0.2, 0.25) is 0 Å². The smallest absolute Gasteiger partial charge is 0.195 e. The first-order valence-corrected chi connectivity index (χ1v) is 5.86. The first kappa shape index (κ1) is 9.21. The molecule has 2 aromatic rings. The summed E-state index contributed by atoms with van der Waals surface area (Å²) in [5.74, 6) is 1.60. The van der Waals surface area contributed by atoms with Crippen LogP contribution >= 0.6 is 15.9 Å². The van der Waals surface area contributed by atoms with Crippen LogP contribution in [0.15, 0.2) is 21.0 Å². The summed E-state index contributed by atoms with van der Waals surface area (Å²) in [6, 6.07) is 3.78. The molecule has 0 amide bonds. The van der Waals surface area contributed by atoms with Crippen molar-refractivity contribution in [2.75, 3.05) is 5.73 Å². The molecule has 1 saturated carbocycles. The van der Waals surface area contributed by atoms with Crippen LogP contribution in [-0.2, 0) is 6.42 Å². The molecule has 0 radical (unpaired) electrons. The van der Waals surface area contributed by atoms with Crippen LogP contribution in [0.25, 0.3) is 11.1 Å². The van der Waals surface area contributed by atoms with Crippen molar-refractivity contribution in [1.82, 2.24) is 4.98 Å². The molecule has 15 heavy (non-hydrogen) atoms. The highest BCUT2D eigenvalue weighted by Crippen LogP contribution is 2.34. The molecule has 78 valence electrons. The van der Waals surface area contributed by atoms with E-state index >= 15 is 0 Å². The molecule has 1 aromatic carbocycles. The molecule has 3 rings (SSSR count). The van der Waals surface area contributed by atoms with Crippen LogP contribution in [0.1, 0.15) is 18.7 Å². The Hall–Kier alpha value is -1.03. The van der Waals surface area contributed by atoms with E-state index in [9.17, 15) is 0 Å². The Morgan fingerprint density at radius 2 is 2.27 bits per heavy atom. The zero-order chi connectivity index (χ0) is 10.4. The van der Waals surface area contributed by atoms with Gasteiger partial charge in [-0.3, -0.25) is 0 Å². The molecule has 0 unspecified atom stereocenters. The molecule has 0 saturated heterocycles. The van der Waals surface area contributed by atoms with Gasteiger partial charge in [-0.05, 0) is 30.9 Å². The second kappa shape index (κ2) is 3.23. The highest BCUT2D eigenvalue weighted by molar-refractivity contribution is 9.10. The summed E-state index contributed by atoms with van der Waals surface area (Å²) in [6.07, 6.45) is 3.56. The van der Waals surface area contributed by atoms with Gasteiger partial charge in [0.05, 0.1) is 5.69 Å². The number of rotatable bonds is 2. The van der Waals surface area contributed by atoms with E-state index < -0.39 is 0 Å². The van der Waals surface area contributed by atoms with Crippen molar-refractivity contribution in [2.24, 2.45) is 5.92 Å². The maximum absolute atomic E-state index is 5.85. The molecule has 0 spiro atoms. The molecule has 4 heteroatoms. The number of oxazole rings is 1. The zero-order valence-corrected chi connectivity index (χ0v) is 9.75. The summed E-state index contributed by atoms with van der Waals surface area (Å²) < 4.78 is 6.59. The lowest BCUT2D eigenvalue weighted by Crippen LogP contribution is -1.85. The van der Waals surface area contributed by atoms with Crippen LogP contribution < -0.4 is 5.73 Å². The second-order valence-electron chi connectivity index (χ2n) is 4.10. The minimum absolute atomic E-state index is 0.647. The van der Waals surface area contributed by atoms with Gasteiger partial charge in [0.25, 0.3) is 0 Å². The fraction of sp³-hybridized carbons (Fsp3) is 0.364. The van der Waals surface area contributed by atoms with Crippen molar-refractivity contribution < 1.29 is 4.42 Å². The van der Waals surface area contributed by atoms with Crippen molar-refractivity contribution in [3.63, 3.8) is 0 Å². The van der Waals surface area contributed by atoms with E-state index in [1.54, 1.807) is 0 Å². The Morgan fingerprint density at radius 1 is 1.47 bits per heavy atom. The second-order valence-corrected chi connectivity index (χ2v) is 5.01. The highest BCUT2D eigenvalue weighted by atomic mass is 79.9. The summed E-state index contributed by atoms with van der Waals surface area (Å²) in [7, 11) is 0. The minimum atomic E-state index is 0.647. The molecule has 0 atom stereocenters. The van der Waals surface area contributed by atoms with E-state index in [1.165, 1.54) is 12.8 Å². The molecule has 1 aliphatic carbocycles. The van der Waals surface area contributed by atoms with Gasteiger partial charge in [0.2, 0.25) is 0 Å². The van der Waals surface area contributed by atoms with Gasteiger partial charge in [-0.15, -0.1) is 0 Å². The lowest BCUT2D eigenvalue weighted by Gasteiger charge is -1.94. The molecule has 2 N–H and O–H groups in total. The molecule has 1 heterocycles. The van der Waals surface area contributed by atoms with E-state index in [1.807, 2.05) is 12.1 Å². The summed E-state index contributed by atoms with van der Waals surface area (Å²) in [5.41, 5.74) is 8.06. The van der Waals surface area contributed by atoms with Gasteiger partial charge in [-0.25, -0.2) is 4.98 Å². The number of aromatic nitrogens is 1. The van der Waals surface area contributed by atoms with Gasteiger partial charge in [-0.1, -0.05) is 15.9 Å². The van der Waals surface area contributed by atoms with Crippen molar-refractivity contribution in [3.8, 4) is 0 Å². The molecule has 1 aliphatic rings. The Balaban J connectivity index is 2.07. The third-order valence-corrected chi connectivity index (χ3v) is 3.15. The zero-order valence-electron chi connectivity index (χ0n) is 8.16. The number of nitrogens with two attached hydrogens (primary N) is 1. The van der Waals surface area contributed by atoms with Gasteiger partial charge in [0.1, 0.15) is 5.52 Å². The topological polar surface area (TPSA) is 52.0 Å². The molecule has 0 bridgehead atoms. The van der Waals surface area contributed by atoms with Gasteiger partial charge >= 0.3 is 0 Å². The molecule has 3 nitrogen and oxygen atoms in total. The molecule has 1 fully saturated rings. The van der Waals surface area contributed by atoms with Crippen molar-refractivity contribution in [1.29, 1.82) is 0 Å². The highest BCUT2D eigenvalue weighted by Gasteiger charge is 2.24. The standard InChI is InChI=1S/C11H11BrN2O/c12-7-4-8(13)11-9(5-7)14-10(15-11)3-6-1-2-6/h4-6H,1-3,13H2. The van der Waals surface area contributed by atoms with E-state index in [-0.39, 0.29) is 0 Å². The number of hydrogen-bond acceptors (Lipinski definition) is 3. The van der Waals surface area contributed by atoms with Gasteiger partial charge in [-0.2, -0.15) is 0 Å². The Kier molecular flexibility index (Phi) is 1.99. The predicted octanol–water partition coefficient (Wildman–Crippen LogP) is 3.13. The fourth-order valence-corrected chi connectivity index (χ4v) is 2.19. The summed E-state index contributed by atoms with van der Waals surface area (Å²) in [6.45, 7) is 0. The van der Waals surface area contributed by atoms with E-state index in [2.05, 4.69) is 20.9 Å². The maximum atomic E-state index is 5.85. The third kappa shape index (κ3) is 1.74. The average Bonchev–Trinajstić information content (AvgIpc) is 2.85. The molecular formula is C11H11BrN2O. The number of hydrogen-bond donors (Lipinski definition) is 1. The van der Waals surface area contributed by atoms with Gasteiger partial charge in [0, 0.05) is 10.9 Å². The maximum Gasteiger partial charge on any atom is 0.195 e. The average molecular weight is 267 g/mol. The first-order chi connectivity index (χ1) is 7.22. The van der Waals surface area contributed by atoms with Crippen LogP contribution in [0.4, 0.5) is 5.69 Å². The lowest BCUT2D eigenvalue weighted by atomic mass is 10.3. The van der Waals surface area contributed by atoms with Crippen molar-refractivity contribution >= 4 is 32.7 Å². The monoisotopic (exact) mass is 266 g/mol. The number of nitrogen functional groups attached to an aromatic ring is 1. The summed E-state index contributed by atoms with van der Waals surface area (Å²) >= 11 is 3.39. The van der Waals surface area contributed by atoms with E-state index in [0.717, 1.165) is 28.2 Å². The number of halogens is 1. The number of nitrogens with zero attached hydrogens (tertiary/aromatic N) is 1. The van der Waals surface area contributed by atoms with Gasteiger partial charge in [0.15, 0.2) is 11.5 Å². The van der Waals surface area contributed by atoms with Crippen molar-refractivity contribution in [2.45, 2.75) is 19.3 Å². The van der Waals surface area contributed by atoms with Crippen molar-refractivity contribution in [3.05, 3.63) is 22.5 Å². The SMILES string of the molecule is Nc1cc(Br)cc2nc(CC3CC3)oc12. The third-order valence-electron chi connectivity index (χ3n) is 2.69. The Morgan fingerprint density at radius 3 is 3.00 bits per heavy atom. The number of anilines is 1. The number of fused-ring (bicyclic) bond motifs is 1. The number of benzene rings is 1. The van der Waals surface area contributed by atoms with Crippen LogP contribution in [0, 0.1) is 5.92 Å². The molecular weight excluding hydrogens is 256 g/mol. The van der Waals surface area contributed by atoms with Crippen LogP contribution in [-0.4, -0.2) is 4.98 Å². The quantitative estimate of drug-likeness (QED) is 0.850. The van der Waals surface area contributed by atoms with E-state index in [0.29, 0.717) is 11.3 Å². The van der Waals surface area contributed by atoms with E-state index in [4.69, 9.17) is 10.2 Å². The Bertz CT molecular complexity index is 517.